The summed E-state index contributed by atoms with van der Waals surface area (Å²) in [5, 5.41) is 10.9. The molecule has 2 saturated heterocycles. The fraction of sp³-hybridized carbons (Fsp3) is 0.359. The number of amides is 3. The molecule has 0 radical (unpaired) electrons. The van der Waals surface area contributed by atoms with Crippen LogP contribution in [0.3, 0.4) is 0 Å². The lowest BCUT2D eigenvalue weighted by Crippen LogP contribution is -2.57. The lowest BCUT2D eigenvalue weighted by atomic mass is 9.73. The summed E-state index contributed by atoms with van der Waals surface area (Å²) < 4.78 is 7.17. The number of nitrogens with zero attached hydrogens (tertiary/aromatic N) is 3. The summed E-state index contributed by atoms with van der Waals surface area (Å²) in [6, 6.07) is 23.1. The molecule has 3 aromatic carbocycles. The van der Waals surface area contributed by atoms with E-state index in [1.807, 2.05) is 124 Å². The van der Waals surface area contributed by atoms with E-state index in [0.717, 1.165) is 22.4 Å². The van der Waals surface area contributed by atoms with Crippen molar-refractivity contribution in [2.45, 2.75) is 57.0 Å². The van der Waals surface area contributed by atoms with E-state index in [2.05, 4.69) is 0 Å². The van der Waals surface area contributed by atoms with Gasteiger partial charge in [0.05, 0.1) is 30.1 Å². The number of benzene rings is 3. The second-order valence-electron chi connectivity index (χ2n) is 13.2. The van der Waals surface area contributed by atoms with Crippen LogP contribution in [-0.2, 0) is 25.7 Å². The van der Waals surface area contributed by atoms with E-state index in [4.69, 9.17) is 4.74 Å². The number of likely N-dealkylation sites (tertiary alicyclic amines) is 1. The molecule has 1 N–H and O–H groups in total. The minimum atomic E-state index is -1.43. The minimum absolute atomic E-state index is 0.173. The number of hydrogen-bond acceptors (Lipinski definition) is 5. The topological polar surface area (TPSA) is 90.4 Å². The van der Waals surface area contributed by atoms with Crippen LogP contribution in [0, 0.1) is 25.7 Å². The molecular formula is C39H41N3O5. The van der Waals surface area contributed by atoms with E-state index in [0.29, 0.717) is 25.1 Å². The Kier molecular flexibility index (Phi) is 7.89. The summed E-state index contributed by atoms with van der Waals surface area (Å²) in [6.45, 7) is 6.58. The predicted molar refractivity (Wildman–Crippen MR) is 179 cm³/mol. The average molecular weight is 632 g/mol. The Hall–Kier alpha value is -4.53. The van der Waals surface area contributed by atoms with E-state index in [-0.39, 0.29) is 24.3 Å². The van der Waals surface area contributed by atoms with Crippen LogP contribution < -0.4 is 4.90 Å². The Balaban J connectivity index is 1.39. The number of hydrogen-bond donors (Lipinski definition) is 1. The van der Waals surface area contributed by atoms with Crippen molar-refractivity contribution in [3.63, 3.8) is 0 Å². The first kappa shape index (κ1) is 31.1. The van der Waals surface area contributed by atoms with Gasteiger partial charge in [0.1, 0.15) is 11.6 Å². The van der Waals surface area contributed by atoms with E-state index in [9.17, 15) is 9.90 Å². The Labute approximate surface area is 275 Å². The molecule has 3 amide bonds. The maximum atomic E-state index is 15.1. The van der Waals surface area contributed by atoms with Gasteiger partial charge >= 0.3 is 0 Å². The summed E-state index contributed by atoms with van der Waals surface area (Å²) in [5.41, 5.74) is 1.87. The van der Waals surface area contributed by atoms with Gasteiger partial charge in [-0.05, 0) is 48.6 Å². The number of fused-ring (bicyclic) bond motifs is 2. The highest BCUT2D eigenvalue weighted by Gasteiger charge is 2.76. The third-order valence-electron chi connectivity index (χ3n) is 10.5. The molecule has 8 heteroatoms. The summed E-state index contributed by atoms with van der Waals surface area (Å²) in [5.74, 6) is -2.67. The van der Waals surface area contributed by atoms with Crippen molar-refractivity contribution in [2.24, 2.45) is 11.8 Å². The van der Waals surface area contributed by atoms with Crippen molar-refractivity contribution < 1.29 is 24.2 Å². The standard InChI is InChI=1S/C39H41N3O5/c1-4-38-19-11-21-40(24-28-13-7-5-8-14-28)35(44)32(38)33-36(45)42(31(25-43)29-15-9-6-10-16-29)34-37(46)41(22-12-20-39(33,34)47-38)30-23-26(2)17-18-27(30)3/h5-20,23,31-34,43H,4,21-22,24-25H2,1-3H3/t31-,32-,33+,34?,38+,39+/m1/s1. The molecule has 1 unspecified atom stereocenters. The van der Waals surface area contributed by atoms with Crippen molar-refractivity contribution in [3.8, 4) is 0 Å². The van der Waals surface area contributed by atoms with Gasteiger partial charge in [-0.2, -0.15) is 0 Å². The monoisotopic (exact) mass is 631 g/mol. The fourth-order valence-corrected chi connectivity index (χ4v) is 8.29. The van der Waals surface area contributed by atoms with Gasteiger partial charge in [0.2, 0.25) is 11.8 Å². The Morgan fingerprint density at radius 1 is 0.851 bits per heavy atom. The van der Waals surface area contributed by atoms with Crippen LogP contribution in [-0.4, -0.2) is 69.6 Å². The molecule has 4 aliphatic rings. The minimum Gasteiger partial charge on any atom is -0.394 e. The zero-order valence-electron chi connectivity index (χ0n) is 27.1. The van der Waals surface area contributed by atoms with Crippen molar-refractivity contribution >= 4 is 23.4 Å². The van der Waals surface area contributed by atoms with Crippen LogP contribution in [0.5, 0.6) is 0 Å². The van der Waals surface area contributed by atoms with Crippen LogP contribution in [0.2, 0.25) is 0 Å². The van der Waals surface area contributed by atoms with Gasteiger partial charge in [-0.1, -0.05) is 104 Å². The molecule has 1 spiro atoms. The quantitative estimate of drug-likeness (QED) is 0.375. The number of anilines is 1. The van der Waals surface area contributed by atoms with Crippen molar-refractivity contribution in [3.05, 3.63) is 125 Å². The maximum absolute atomic E-state index is 15.1. The summed E-state index contributed by atoms with van der Waals surface area (Å²) in [6.07, 6.45) is 8.14. The molecular weight excluding hydrogens is 590 g/mol. The molecule has 0 aliphatic carbocycles. The number of carbonyl (C=O) groups is 3. The zero-order chi connectivity index (χ0) is 32.9. The van der Waals surface area contributed by atoms with Gasteiger partial charge in [-0.15, -0.1) is 0 Å². The van der Waals surface area contributed by atoms with Gasteiger partial charge in [-0.25, -0.2) is 0 Å². The second kappa shape index (κ2) is 11.9. The highest BCUT2D eigenvalue weighted by Crippen LogP contribution is 2.60. The Morgan fingerprint density at radius 3 is 2.26 bits per heavy atom. The average Bonchev–Trinajstić information content (AvgIpc) is 3.38. The van der Waals surface area contributed by atoms with Gasteiger partial charge in [0.25, 0.3) is 5.91 Å². The van der Waals surface area contributed by atoms with Crippen LogP contribution >= 0.6 is 0 Å². The van der Waals surface area contributed by atoms with Gasteiger partial charge in [0, 0.05) is 25.3 Å². The van der Waals surface area contributed by atoms with Crippen LogP contribution in [0.25, 0.3) is 0 Å². The number of carbonyl (C=O) groups excluding carboxylic acids is 3. The van der Waals surface area contributed by atoms with Crippen molar-refractivity contribution in [1.82, 2.24) is 9.80 Å². The van der Waals surface area contributed by atoms with Gasteiger partial charge in [-0.3, -0.25) is 14.4 Å². The van der Waals surface area contributed by atoms with Crippen molar-refractivity contribution in [2.75, 3.05) is 24.6 Å². The lowest BCUT2D eigenvalue weighted by Gasteiger charge is -2.41. The molecule has 6 atom stereocenters. The molecule has 0 bridgehead atoms. The third-order valence-corrected chi connectivity index (χ3v) is 10.5. The van der Waals surface area contributed by atoms with Crippen molar-refractivity contribution in [1.29, 1.82) is 0 Å². The van der Waals surface area contributed by atoms with Crippen LogP contribution in [0.15, 0.2) is 103 Å². The molecule has 7 rings (SSSR count). The second-order valence-corrected chi connectivity index (χ2v) is 13.2. The van der Waals surface area contributed by atoms with E-state index < -0.39 is 41.7 Å². The van der Waals surface area contributed by atoms with Gasteiger partial charge < -0.3 is 24.5 Å². The van der Waals surface area contributed by atoms with Crippen LogP contribution in [0.4, 0.5) is 5.69 Å². The zero-order valence-corrected chi connectivity index (χ0v) is 27.1. The molecule has 3 aromatic rings. The summed E-state index contributed by atoms with van der Waals surface area (Å²) >= 11 is 0. The Morgan fingerprint density at radius 2 is 1.55 bits per heavy atom. The first-order valence-corrected chi connectivity index (χ1v) is 16.5. The summed E-state index contributed by atoms with van der Waals surface area (Å²) in [4.78, 5) is 50.0. The number of aliphatic hydroxyl groups excluding tert-OH is 1. The van der Waals surface area contributed by atoms with E-state index in [1.54, 1.807) is 9.80 Å². The smallest absolute Gasteiger partial charge is 0.253 e. The normalized spacial score (nSPS) is 29.0. The first-order valence-electron chi connectivity index (χ1n) is 16.5. The molecule has 0 aromatic heterocycles. The molecule has 8 nitrogen and oxygen atoms in total. The number of aliphatic hydroxyl groups is 1. The van der Waals surface area contributed by atoms with Gasteiger partial charge in [0.15, 0.2) is 0 Å². The molecule has 242 valence electrons. The molecule has 2 fully saturated rings. The maximum Gasteiger partial charge on any atom is 0.253 e. The lowest BCUT2D eigenvalue weighted by molar-refractivity contribution is -0.153. The molecule has 47 heavy (non-hydrogen) atoms. The number of rotatable bonds is 7. The highest BCUT2D eigenvalue weighted by atomic mass is 16.5. The highest BCUT2D eigenvalue weighted by molar-refractivity contribution is 6.06. The fourth-order valence-electron chi connectivity index (χ4n) is 8.29. The van der Waals surface area contributed by atoms with E-state index in [1.165, 1.54) is 4.90 Å². The Bertz CT molecular complexity index is 1760. The molecule has 0 saturated carbocycles. The summed E-state index contributed by atoms with van der Waals surface area (Å²) in [7, 11) is 0. The third kappa shape index (κ3) is 4.85. The number of aryl methyl sites for hydroxylation is 2. The van der Waals surface area contributed by atoms with E-state index >= 15 is 9.59 Å². The largest absolute Gasteiger partial charge is 0.394 e. The number of ether oxygens (including phenoxy) is 1. The SMILES string of the molecule is CC[C@]12C=CCN(Cc3ccccc3)C(=O)[C@H]1[C@H]1C(=O)N([C@H](CO)c3ccccc3)C3C(=O)N(c4cc(C)ccc4C)CC=C[C@@]31O2. The molecule has 4 aliphatic heterocycles. The first-order chi connectivity index (χ1) is 22.7. The predicted octanol–water partition coefficient (Wildman–Crippen LogP) is 4.90. The molecule has 4 heterocycles. The van der Waals surface area contributed by atoms with Crippen LogP contribution in [0.1, 0.15) is 41.6 Å².